The van der Waals surface area contributed by atoms with Crippen LogP contribution < -0.4 is 0 Å². The van der Waals surface area contributed by atoms with E-state index in [0.29, 0.717) is 16.2 Å². The first kappa shape index (κ1) is 17.2. The number of esters is 1. The minimum atomic E-state index is -0.523. The van der Waals surface area contributed by atoms with Gasteiger partial charge in [-0.15, -0.1) is 0 Å². The molecule has 0 aliphatic carbocycles. The van der Waals surface area contributed by atoms with Gasteiger partial charge in [-0.1, -0.05) is 23.9 Å². The van der Waals surface area contributed by atoms with Gasteiger partial charge in [0.1, 0.15) is 0 Å². The van der Waals surface area contributed by atoms with Crippen LogP contribution in [0.5, 0.6) is 0 Å². The molecule has 0 aromatic heterocycles. The van der Waals surface area contributed by atoms with Crippen molar-refractivity contribution < 1.29 is 23.9 Å². The van der Waals surface area contributed by atoms with Crippen LogP contribution >= 0.6 is 11.8 Å². The first-order valence-corrected chi connectivity index (χ1v) is 8.78. The maximum Gasteiger partial charge on any atom is 0.333 e. The Balaban J connectivity index is 1.70. The Morgan fingerprint density at radius 3 is 2.32 bits per heavy atom. The van der Waals surface area contributed by atoms with Gasteiger partial charge in [0.05, 0.1) is 34.6 Å². The summed E-state index contributed by atoms with van der Waals surface area (Å²) >= 11 is 1.23. The molecule has 0 atom stereocenters. The van der Waals surface area contributed by atoms with Crippen LogP contribution in [0.3, 0.4) is 0 Å². The number of nitrogens with zero attached hydrogens (tertiary/aromatic N) is 2. The van der Waals surface area contributed by atoms with Gasteiger partial charge in [0, 0.05) is 13.1 Å². The molecule has 0 spiro atoms. The molecule has 1 saturated heterocycles. The maximum atomic E-state index is 12.3. The summed E-state index contributed by atoms with van der Waals surface area (Å²) in [5.74, 6) is -1.21. The molecule has 3 amide bonds. The van der Waals surface area contributed by atoms with Gasteiger partial charge in [0.15, 0.2) is 0 Å². The smallest absolute Gasteiger partial charge is 0.333 e. The molecule has 0 N–H and O–H groups in total. The van der Waals surface area contributed by atoms with E-state index in [1.165, 1.54) is 22.7 Å². The molecule has 2 aliphatic rings. The van der Waals surface area contributed by atoms with Crippen molar-refractivity contribution >= 4 is 35.5 Å². The van der Waals surface area contributed by atoms with Gasteiger partial charge in [-0.3, -0.25) is 19.3 Å². The molecule has 3 rings (SSSR count). The lowest BCUT2D eigenvalue weighted by atomic mass is 10.1. The first-order valence-electron chi connectivity index (χ1n) is 7.79. The summed E-state index contributed by atoms with van der Waals surface area (Å²) in [6, 6.07) is 6.62. The molecular weight excluding hydrogens is 344 g/mol. The molecule has 25 heavy (non-hydrogen) atoms. The van der Waals surface area contributed by atoms with Crippen molar-refractivity contribution in [2.24, 2.45) is 0 Å². The van der Waals surface area contributed by atoms with Crippen molar-refractivity contribution in [3.05, 3.63) is 46.5 Å². The molecule has 8 heteroatoms. The summed E-state index contributed by atoms with van der Waals surface area (Å²) in [6.45, 7) is 2.15. The number of hydrogen-bond donors (Lipinski definition) is 0. The zero-order chi connectivity index (χ0) is 18.0. The van der Waals surface area contributed by atoms with Gasteiger partial charge in [-0.05, 0) is 19.1 Å². The molecule has 1 aromatic rings. The fraction of sp³-hybridized carbons (Fsp3) is 0.294. The third-order valence-electron chi connectivity index (χ3n) is 3.86. The summed E-state index contributed by atoms with van der Waals surface area (Å²) in [5, 5.41) is 0.472. The highest BCUT2D eigenvalue weighted by molar-refractivity contribution is 8.04. The number of thioether (sulfide) groups is 1. The van der Waals surface area contributed by atoms with Crippen LogP contribution in [-0.2, 0) is 14.3 Å². The van der Waals surface area contributed by atoms with E-state index in [9.17, 15) is 19.2 Å². The lowest BCUT2D eigenvalue weighted by Gasteiger charge is -2.20. The largest absolute Gasteiger partial charge is 0.463 e. The second kappa shape index (κ2) is 7.10. The normalized spacial score (nSPS) is 18.3. The number of benzene rings is 1. The third-order valence-corrected chi connectivity index (χ3v) is 4.89. The Hall–Kier alpha value is -2.61. The van der Waals surface area contributed by atoms with Crippen molar-refractivity contribution in [2.75, 3.05) is 25.4 Å². The van der Waals surface area contributed by atoms with Gasteiger partial charge in [-0.25, -0.2) is 4.79 Å². The fourth-order valence-corrected chi connectivity index (χ4v) is 3.65. The van der Waals surface area contributed by atoms with E-state index in [1.54, 1.807) is 31.2 Å². The summed E-state index contributed by atoms with van der Waals surface area (Å²) < 4.78 is 4.86. The van der Waals surface area contributed by atoms with Crippen LogP contribution in [0.15, 0.2) is 35.4 Å². The molecule has 2 aliphatic heterocycles. The molecule has 2 heterocycles. The van der Waals surface area contributed by atoms with Crippen molar-refractivity contribution in [1.82, 2.24) is 9.80 Å². The minimum Gasteiger partial charge on any atom is -0.463 e. The van der Waals surface area contributed by atoms with E-state index in [-0.39, 0.29) is 43.2 Å². The third kappa shape index (κ3) is 3.30. The molecule has 7 nitrogen and oxygen atoms in total. The lowest BCUT2D eigenvalue weighted by Crippen LogP contribution is -2.38. The fourth-order valence-electron chi connectivity index (χ4n) is 2.70. The highest BCUT2D eigenvalue weighted by atomic mass is 32.2. The van der Waals surface area contributed by atoms with E-state index in [0.717, 1.165) is 4.90 Å². The second-order valence-corrected chi connectivity index (χ2v) is 6.37. The lowest BCUT2D eigenvalue weighted by molar-refractivity contribution is -0.137. The number of carbonyl (C=O) groups excluding carboxylic acids is 4. The predicted octanol–water partition coefficient (Wildman–Crippen LogP) is 1.26. The summed E-state index contributed by atoms with van der Waals surface area (Å²) in [7, 11) is 0. The average Bonchev–Trinajstić information content (AvgIpc) is 3.05. The number of amides is 3. The summed E-state index contributed by atoms with van der Waals surface area (Å²) in [5.41, 5.74) is 0.744. The molecule has 0 saturated carbocycles. The zero-order valence-corrected chi connectivity index (χ0v) is 14.4. The minimum absolute atomic E-state index is 0.0683. The van der Waals surface area contributed by atoms with E-state index >= 15 is 0 Å². The van der Waals surface area contributed by atoms with E-state index in [1.807, 2.05) is 0 Å². The Labute approximate surface area is 148 Å². The average molecular weight is 360 g/mol. The number of rotatable bonds is 5. The Bertz CT molecular complexity index is 754. The summed E-state index contributed by atoms with van der Waals surface area (Å²) in [4.78, 5) is 50.9. The topological polar surface area (TPSA) is 84.0 Å². The molecule has 130 valence electrons. The van der Waals surface area contributed by atoms with Gasteiger partial charge in [-0.2, -0.15) is 0 Å². The molecule has 0 unspecified atom stereocenters. The monoisotopic (exact) mass is 360 g/mol. The standard InChI is InChI=1S/C17H16N2O5S/c1-2-24-15(21)9-14-18(13(20)10-25-14)7-8-19-16(22)11-5-3-4-6-12(11)17(19)23/h3-6,9H,2,7-8,10H2,1H3/b14-9-. The molecular formula is C17H16N2O5S. The first-order chi connectivity index (χ1) is 12.0. The predicted molar refractivity (Wildman–Crippen MR) is 90.7 cm³/mol. The number of hydrogen-bond acceptors (Lipinski definition) is 6. The highest BCUT2D eigenvalue weighted by Gasteiger charge is 2.36. The quantitative estimate of drug-likeness (QED) is 0.447. The van der Waals surface area contributed by atoms with Crippen molar-refractivity contribution in [3.63, 3.8) is 0 Å². The van der Waals surface area contributed by atoms with Crippen LogP contribution in [0.4, 0.5) is 0 Å². The highest BCUT2D eigenvalue weighted by Crippen LogP contribution is 2.29. The van der Waals surface area contributed by atoms with Crippen LogP contribution in [0, 0.1) is 0 Å². The molecule has 0 bridgehead atoms. The van der Waals surface area contributed by atoms with Gasteiger partial charge >= 0.3 is 5.97 Å². The van der Waals surface area contributed by atoms with Crippen LogP contribution in [0.2, 0.25) is 0 Å². The summed E-state index contributed by atoms with van der Waals surface area (Å²) in [6.07, 6.45) is 1.27. The molecule has 1 aromatic carbocycles. The molecule has 0 radical (unpaired) electrons. The van der Waals surface area contributed by atoms with Crippen molar-refractivity contribution in [3.8, 4) is 0 Å². The van der Waals surface area contributed by atoms with E-state index in [4.69, 9.17) is 4.74 Å². The van der Waals surface area contributed by atoms with Crippen LogP contribution in [0.1, 0.15) is 27.6 Å². The second-order valence-electron chi connectivity index (χ2n) is 5.38. The number of ether oxygens (including phenoxy) is 1. The Morgan fingerprint density at radius 1 is 1.12 bits per heavy atom. The van der Waals surface area contributed by atoms with Gasteiger partial charge < -0.3 is 9.64 Å². The van der Waals surface area contributed by atoms with Gasteiger partial charge in [0.2, 0.25) is 5.91 Å². The number of carbonyl (C=O) groups is 4. The molecule has 1 fully saturated rings. The zero-order valence-electron chi connectivity index (χ0n) is 13.6. The van der Waals surface area contributed by atoms with Crippen molar-refractivity contribution in [1.29, 1.82) is 0 Å². The maximum absolute atomic E-state index is 12.3. The Kier molecular flexibility index (Phi) is 4.89. The number of fused-ring (bicyclic) bond motifs is 1. The van der Waals surface area contributed by atoms with Crippen LogP contribution in [-0.4, -0.2) is 58.9 Å². The Morgan fingerprint density at radius 2 is 1.72 bits per heavy atom. The number of imide groups is 1. The van der Waals surface area contributed by atoms with E-state index < -0.39 is 5.97 Å². The van der Waals surface area contributed by atoms with E-state index in [2.05, 4.69) is 0 Å². The van der Waals surface area contributed by atoms with Crippen LogP contribution in [0.25, 0.3) is 0 Å². The van der Waals surface area contributed by atoms with Gasteiger partial charge in [0.25, 0.3) is 11.8 Å². The van der Waals surface area contributed by atoms with Crippen molar-refractivity contribution in [2.45, 2.75) is 6.92 Å². The SMILES string of the molecule is CCOC(=O)/C=C1\SCC(=O)N1CCN1C(=O)c2ccccc2C1=O.